The molecule has 0 spiro atoms. The average Bonchev–Trinajstić information content (AvgIpc) is 2.90. The summed E-state index contributed by atoms with van der Waals surface area (Å²) in [6, 6.07) is 5.90. The van der Waals surface area contributed by atoms with Crippen molar-refractivity contribution >= 4 is 5.78 Å². The zero-order valence-corrected chi connectivity index (χ0v) is 12.1. The molecular formula is C17H23NO2. The first-order valence-electron chi connectivity index (χ1n) is 7.72. The van der Waals surface area contributed by atoms with Crippen molar-refractivity contribution in [3.63, 3.8) is 0 Å². The molecule has 2 unspecified atom stereocenters. The van der Waals surface area contributed by atoms with Gasteiger partial charge in [0.1, 0.15) is 5.75 Å². The van der Waals surface area contributed by atoms with E-state index in [1.807, 2.05) is 6.07 Å². The molecule has 1 aromatic rings. The van der Waals surface area contributed by atoms with E-state index in [1.54, 1.807) is 19.1 Å². The highest BCUT2D eigenvalue weighted by atomic mass is 16.3. The van der Waals surface area contributed by atoms with Gasteiger partial charge in [0, 0.05) is 23.7 Å². The topological polar surface area (TPSA) is 40.5 Å². The van der Waals surface area contributed by atoms with Crippen LogP contribution in [0.3, 0.4) is 0 Å². The van der Waals surface area contributed by atoms with E-state index < -0.39 is 0 Å². The number of phenolic OH excluding ortho intramolecular Hbond substituents is 1. The van der Waals surface area contributed by atoms with Gasteiger partial charge in [-0.25, -0.2) is 0 Å². The van der Waals surface area contributed by atoms with Crippen molar-refractivity contribution in [2.75, 3.05) is 6.54 Å². The van der Waals surface area contributed by atoms with Gasteiger partial charge in [0.05, 0.1) is 0 Å². The number of carbonyl (C=O) groups excluding carboxylic acids is 1. The number of nitrogens with zero attached hydrogens (tertiary/aromatic N) is 1. The monoisotopic (exact) mass is 273 g/mol. The molecule has 1 saturated carbocycles. The summed E-state index contributed by atoms with van der Waals surface area (Å²) in [5.41, 5.74) is 1.59. The maximum Gasteiger partial charge on any atom is 0.159 e. The van der Waals surface area contributed by atoms with Crippen molar-refractivity contribution in [1.29, 1.82) is 0 Å². The van der Waals surface area contributed by atoms with Crippen LogP contribution in [0, 0.1) is 5.92 Å². The van der Waals surface area contributed by atoms with Crippen LogP contribution >= 0.6 is 0 Å². The van der Waals surface area contributed by atoms with Crippen LogP contribution in [0.2, 0.25) is 0 Å². The van der Waals surface area contributed by atoms with Gasteiger partial charge in [-0.2, -0.15) is 0 Å². The van der Waals surface area contributed by atoms with Gasteiger partial charge in [0.25, 0.3) is 0 Å². The Bertz CT molecular complexity index is 512. The van der Waals surface area contributed by atoms with Crippen molar-refractivity contribution in [1.82, 2.24) is 4.90 Å². The van der Waals surface area contributed by atoms with Crippen LogP contribution in [0.4, 0.5) is 0 Å². The Hall–Kier alpha value is -1.35. The zero-order valence-electron chi connectivity index (χ0n) is 12.1. The third-order valence-electron chi connectivity index (χ3n) is 4.97. The molecule has 1 aliphatic carbocycles. The first kappa shape index (κ1) is 13.6. The molecule has 3 heteroatoms. The molecule has 3 nitrogen and oxygen atoms in total. The number of Topliss-reactive ketones (excluding diaryl/α,β-unsaturated/α-hetero) is 1. The molecule has 2 atom stereocenters. The maximum atomic E-state index is 11.5. The van der Waals surface area contributed by atoms with Gasteiger partial charge in [-0.1, -0.05) is 6.42 Å². The number of likely N-dealkylation sites (tertiary alicyclic amines) is 1. The summed E-state index contributed by atoms with van der Waals surface area (Å²) < 4.78 is 0. The Morgan fingerprint density at radius 1 is 1.30 bits per heavy atom. The van der Waals surface area contributed by atoms with Crippen molar-refractivity contribution in [3.8, 4) is 5.75 Å². The van der Waals surface area contributed by atoms with Crippen LogP contribution in [-0.2, 0) is 6.54 Å². The summed E-state index contributed by atoms with van der Waals surface area (Å²) in [6.45, 7) is 3.46. The Kier molecular flexibility index (Phi) is 3.79. The highest BCUT2D eigenvalue weighted by molar-refractivity contribution is 5.94. The quantitative estimate of drug-likeness (QED) is 0.858. The molecule has 1 saturated heterocycles. The Morgan fingerprint density at radius 2 is 2.10 bits per heavy atom. The predicted molar refractivity (Wildman–Crippen MR) is 78.9 cm³/mol. The molecule has 2 fully saturated rings. The van der Waals surface area contributed by atoms with Crippen LogP contribution in [0.5, 0.6) is 5.75 Å². The minimum Gasteiger partial charge on any atom is -0.508 e. The molecule has 3 rings (SSSR count). The molecule has 0 bridgehead atoms. The normalized spacial score (nSPS) is 26.4. The number of rotatable bonds is 3. The molecule has 0 radical (unpaired) electrons. The molecule has 0 aromatic heterocycles. The number of piperidine rings is 1. The van der Waals surface area contributed by atoms with Crippen LogP contribution in [0.25, 0.3) is 0 Å². The van der Waals surface area contributed by atoms with Gasteiger partial charge in [0.15, 0.2) is 5.78 Å². The molecule has 0 amide bonds. The highest BCUT2D eigenvalue weighted by Gasteiger charge is 2.34. The lowest BCUT2D eigenvalue weighted by Crippen LogP contribution is -2.41. The smallest absolute Gasteiger partial charge is 0.159 e. The maximum absolute atomic E-state index is 11.5. The second-order valence-electron chi connectivity index (χ2n) is 6.27. The summed E-state index contributed by atoms with van der Waals surface area (Å²) in [5.74, 6) is 1.22. The fraction of sp³-hybridized carbons (Fsp3) is 0.588. The van der Waals surface area contributed by atoms with E-state index in [-0.39, 0.29) is 5.78 Å². The van der Waals surface area contributed by atoms with Gasteiger partial charge in [-0.3, -0.25) is 9.69 Å². The van der Waals surface area contributed by atoms with E-state index >= 15 is 0 Å². The Balaban J connectivity index is 1.79. The SMILES string of the molecule is CC(=O)c1ccc(O)c(CN2CCCC3CCCC32)c1. The van der Waals surface area contributed by atoms with Crippen LogP contribution in [-0.4, -0.2) is 28.4 Å². The minimum absolute atomic E-state index is 0.0589. The number of fused-ring (bicyclic) bond motifs is 1. The van der Waals surface area contributed by atoms with Crippen molar-refractivity contribution < 1.29 is 9.90 Å². The number of hydrogen-bond donors (Lipinski definition) is 1. The number of ketones is 1. The number of hydrogen-bond acceptors (Lipinski definition) is 3. The lowest BCUT2D eigenvalue weighted by molar-refractivity contribution is 0.101. The molecule has 108 valence electrons. The first-order chi connectivity index (χ1) is 9.65. The summed E-state index contributed by atoms with van der Waals surface area (Å²) in [7, 11) is 0. The molecule has 1 N–H and O–H groups in total. The number of aromatic hydroxyl groups is 1. The van der Waals surface area contributed by atoms with Crippen molar-refractivity contribution in [2.24, 2.45) is 5.92 Å². The van der Waals surface area contributed by atoms with Gasteiger partial charge >= 0.3 is 0 Å². The second-order valence-corrected chi connectivity index (χ2v) is 6.27. The van der Waals surface area contributed by atoms with E-state index in [1.165, 1.54) is 32.1 Å². The number of carbonyl (C=O) groups is 1. The third kappa shape index (κ3) is 2.59. The minimum atomic E-state index is 0.0589. The van der Waals surface area contributed by atoms with Gasteiger partial charge in [-0.05, 0) is 63.3 Å². The van der Waals surface area contributed by atoms with Crippen molar-refractivity contribution in [3.05, 3.63) is 29.3 Å². The largest absolute Gasteiger partial charge is 0.508 e. The summed E-state index contributed by atoms with van der Waals surface area (Å²) >= 11 is 0. The van der Waals surface area contributed by atoms with E-state index in [4.69, 9.17) is 0 Å². The Morgan fingerprint density at radius 3 is 2.90 bits per heavy atom. The van der Waals surface area contributed by atoms with Crippen LogP contribution in [0.15, 0.2) is 18.2 Å². The third-order valence-corrected chi connectivity index (χ3v) is 4.97. The summed E-state index contributed by atoms with van der Waals surface area (Å²) in [5, 5.41) is 10.0. The van der Waals surface area contributed by atoms with E-state index in [2.05, 4.69) is 4.90 Å². The fourth-order valence-corrected chi connectivity index (χ4v) is 3.90. The van der Waals surface area contributed by atoms with E-state index in [0.29, 0.717) is 17.4 Å². The summed E-state index contributed by atoms with van der Waals surface area (Å²) in [6.07, 6.45) is 6.61. The van der Waals surface area contributed by atoms with Gasteiger partial charge in [-0.15, -0.1) is 0 Å². The molecular weight excluding hydrogens is 250 g/mol. The fourth-order valence-electron chi connectivity index (χ4n) is 3.90. The number of benzene rings is 1. The molecule has 20 heavy (non-hydrogen) atoms. The van der Waals surface area contributed by atoms with E-state index in [0.717, 1.165) is 24.6 Å². The van der Waals surface area contributed by atoms with Gasteiger partial charge < -0.3 is 5.11 Å². The van der Waals surface area contributed by atoms with Gasteiger partial charge in [0.2, 0.25) is 0 Å². The van der Waals surface area contributed by atoms with Crippen LogP contribution in [0.1, 0.15) is 54.9 Å². The second kappa shape index (κ2) is 5.57. The molecule has 2 aliphatic rings. The average molecular weight is 273 g/mol. The lowest BCUT2D eigenvalue weighted by atomic mass is 9.91. The Labute approximate surface area is 120 Å². The highest BCUT2D eigenvalue weighted by Crippen LogP contribution is 2.38. The first-order valence-corrected chi connectivity index (χ1v) is 7.72. The predicted octanol–water partition coefficient (Wildman–Crippen LogP) is 3.36. The molecule has 1 aromatic carbocycles. The molecule has 1 heterocycles. The van der Waals surface area contributed by atoms with Crippen LogP contribution < -0.4 is 0 Å². The lowest BCUT2D eigenvalue weighted by Gasteiger charge is -2.37. The molecule has 1 aliphatic heterocycles. The standard InChI is InChI=1S/C17H23NO2/c1-12(19)14-7-8-17(20)15(10-14)11-18-9-3-5-13-4-2-6-16(13)18/h7-8,10,13,16,20H,2-6,9,11H2,1H3. The van der Waals surface area contributed by atoms with Crippen molar-refractivity contribution in [2.45, 2.75) is 51.6 Å². The zero-order chi connectivity index (χ0) is 14.1. The summed E-state index contributed by atoms with van der Waals surface area (Å²) in [4.78, 5) is 14.0. The van der Waals surface area contributed by atoms with E-state index in [9.17, 15) is 9.90 Å². The number of phenols is 1.